The summed E-state index contributed by atoms with van der Waals surface area (Å²) < 4.78 is 0. The van der Waals surface area contributed by atoms with E-state index >= 15 is 0 Å². The van der Waals surface area contributed by atoms with E-state index in [1.54, 1.807) is 0 Å². The molecule has 0 unspecified atom stereocenters. The molecule has 0 aliphatic heterocycles. The maximum absolute atomic E-state index is 3.77. The summed E-state index contributed by atoms with van der Waals surface area (Å²) in [6, 6.07) is 0. The maximum atomic E-state index is 3.77. The minimum absolute atomic E-state index is 1.02. The summed E-state index contributed by atoms with van der Waals surface area (Å²) in [5, 5.41) is 0. The van der Waals surface area contributed by atoms with Crippen LogP contribution < -0.4 is 0 Å². The Hall–Kier alpha value is -0.520. The molecule has 0 aromatic rings. The van der Waals surface area contributed by atoms with E-state index in [2.05, 4.69) is 20.1 Å². The van der Waals surface area contributed by atoms with Gasteiger partial charge in [-0.1, -0.05) is 72.8 Å². The van der Waals surface area contributed by atoms with Gasteiger partial charge >= 0.3 is 0 Å². The molecule has 0 fully saturated rings. The quantitative estimate of drug-likeness (QED) is 0.492. The molecule has 0 atom stereocenters. The molecule has 82 valence electrons. The zero-order valence-electron chi connectivity index (χ0n) is 11.1. The zero-order chi connectivity index (χ0) is 11.9. The van der Waals surface area contributed by atoms with Gasteiger partial charge in [0.1, 0.15) is 0 Å². The molecule has 0 radical (unpaired) electrons. The molecule has 0 heteroatoms. The molecule has 0 amide bonds. The van der Waals surface area contributed by atoms with Crippen molar-refractivity contribution in [1.29, 1.82) is 0 Å². The van der Waals surface area contributed by atoms with Gasteiger partial charge < -0.3 is 0 Å². The molecule has 13 heavy (non-hydrogen) atoms. The number of allylic oxidation sites excluding steroid dienone is 2. The molecule has 0 bridgehead atoms. The Kier molecular flexibility index (Phi) is 52.8. The fourth-order valence-electron chi connectivity index (χ4n) is 0.302. The summed E-state index contributed by atoms with van der Waals surface area (Å²) in [7, 11) is 0. The molecule has 0 nitrogen and oxygen atoms in total. The van der Waals surface area contributed by atoms with Gasteiger partial charge in [-0.2, -0.15) is 0 Å². The minimum Gasteiger partial charge on any atom is -0.0959 e. The Labute approximate surface area is 86.8 Å². The van der Waals surface area contributed by atoms with Crippen molar-refractivity contribution in [2.45, 2.75) is 61.8 Å². The predicted octanol–water partition coefficient (Wildman–Crippen LogP) is 5.61. The molecule has 0 heterocycles. The highest BCUT2D eigenvalue weighted by Gasteiger charge is 1.85. The smallest absolute Gasteiger partial charge is 0.0311 e. The van der Waals surface area contributed by atoms with Crippen molar-refractivity contribution in [3.05, 3.63) is 24.3 Å². The topological polar surface area (TPSA) is 0 Å². The lowest BCUT2D eigenvalue weighted by Gasteiger charge is -1.95. The third-order valence-corrected chi connectivity index (χ3v) is 1.03. The van der Waals surface area contributed by atoms with Gasteiger partial charge in [-0.25, -0.2) is 0 Å². The van der Waals surface area contributed by atoms with Crippen molar-refractivity contribution in [1.82, 2.24) is 0 Å². The molecule has 0 saturated heterocycles. The van der Waals surface area contributed by atoms with E-state index in [-0.39, 0.29) is 0 Å². The molecule has 0 aromatic heterocycles. The highest BCUT2D eigenvalue weighted by molar-refractivity contribution is 5.21. The van der Waals surface area contributed by atoms with Gasteiger partial charge in [-0.15, -0.1) is 0 Å². The van der Waals surface area contributed by atoms with Crippen LogP contribution in [0.2, 0.25) is 0 Å². The van der Waals surface area contributed by atoms with E-state index in [4.69, 9.17) is 0 Å². The Morgan fingerprint density at radius 2 is 1.08 bits per heavy atom. The number of hydrogen-bond donors (Lipinski definition) is 0. The van der Waals surface area contributed by atoms with Crippen molar-refractivity contribution in [3.63, 3.8) is 0 Å². The summed E-state index contributed by atoms with van der Waals surface area (Å²) in [5.74, 6) is 0. The number of rotatable bonds is 2. The molecule has 0 rings (SSSR count). The van der Waals surface area contributed by atoms with Crippen LogP contribution in [0.15, 0.2) is 24.3 Å². The summed E-state index contributed by atoms with van der Waals surface area (Å²) in [6.07, 6.45) is 1.02. The monoisotopic (exact) mass is 186 g/mol. The zero-order valence-corrected chi connectivity index (χ0v) is 11.1. The fourth-order valence-corrected chi connectivity index (χ4v) is 0.302. The van der Waals surface area contributed by atoms with Gasteiger partial charge in [-0.3, -0.25) is 0 Å². The van der Waals surface area contributed by atoms with Gasteiger partial charge in [0.2, 0.25) is 0 Å². The van der Waals surface area contributed by atoms with Gasteiger partial charge in [0.25, 0.3) is 0 Å². The van der Waals surface area contributed by atoms with Gasteiger partial charge in [-0.05, 0) is 13.3 Å². The van der Waals surface area contributed by atoms with Crippen LogP contribution in [0.4, 0.5) is 0 Å². The van der Waals surface area contributed by atoms with Crippen molar-refractivity contribution in [3.8, 4) is 0 Å². The highest BCUT2D eigenvalue weighted by Crippen LogP contribution is 2.05. The molecule has 0 aromatic carbocycles. The van der Waals surface area contributed by atoms with Crippen LogP contribution in [0.25, 0.3) is 0 Å². The predicted molar refractivity (Wildman–Crippen MR) is 68.3 cm³/mol. The molecule has 0 aliphatic rings. The summed E-state index contributed by atoms with van der Waals surface area (Å²) in [4.78, 5) is 0. The van der Waals surface area contributed by atoms with E-state index in [0.717, 1.165) is 17.6 Å². The molecule has 0 saturated carbocycles. The van der Waals surface area contributed by atoms with Crippen LogP contribution in [-0.4, -0.2) is 0 Å². The lowest BCUT2D eigenvalue weighted by molar-refractivity contribution is 1.12. The molecule has 0 aliphatic carbocycles. The lowest BCUT2D eigenvalue weighted by atomic mass is 10.1. The first-order valence-electron chi connectivity index (χ1n) is 5.52. The first-order valence-corrected chi connectivity index (χ1v) is 5.52. The third kappa shape index (κ3) is 34.4. The maximum Gasteiger partial charge on any atom is -0.0311 e. The number of hydrogen-bond acceptors (Lipinski definition) is 0. The van der Waals surface area contributed by atoms with Gasteiger partial charge in [0.15, 0.2) is 0 Å². The standard InChI is InChI=1S/C7H12.3C2H6/c1-5-7(4)6(2)3;3*1-2/h2,4-5H2,1,3H3;3*1-2H3. The van der Waals surface area contributed by atoms with E-state index in [0.29, 0.717) is 0 Å². The molecule has 0 N–H and O–H groups in total. The van der Waals surface area contributed by atoms with Crippen LogP contribution in [-0.2, 0) is 0 Å². The first kappa shape index (κ1) is 22.9. The third-order valence-electron chi connectivity index (χ3n) is 1.03. The summed E-state index contributed by atoms with van der Waals surface area (Å²) >= 11 is 0. The van der Waals surface area contributed by atoms with Crippen LogP contribution >= 0.6 is 0 Å². The van der Waals surface area contributed by atoms with Crippen molar-refractivity contribution in [2.24, 2.45) is 0 Å². The second kappa shape index (κ2) is 30.0. The fraction of sp³-hybridized carbons (Fsp3) is 0.692. The Balaban J connectivity index is -0.0000000573. The van der Waals surface area contributed by atoms with Crippen LogP contribution in [0.5, 0.6) is 0 Å². The molecular formula is C13H30. The Morgan fingerprint density at radius 3 is 1.08 bits per heavy atom. The second-order valence-electron chi connectivity index (χ2n) is 1.74. The van der Waals surface area contributed by atoms with E-state index in [9.17, 15) is 0 Å². The molecule has 0 spiro atoms. The average molecular weight is 186 g/mol. The van der Waals surface area contributed by atoms with E-state index in [1.165, 1.54) is 0 Å². The van der Waals surface area contributed by atoms with E-state index in [1.807, 2.05) is 48.5 Å². The SMILES string of the molecule is C=C(C)C(=C)CC.CC.CC.CC. The van der Waals surface area contributed by atoms with Crippen LogP contribution in [0.3, 0.4) is 0 Å². The largest absolute Gasteiger partial charge is 0.0959 e. The van der Waals surface area contributed by atoms with Crippen molar-refractivity contribution >= 4 is 0 Å². The van der Waals surface area contributed by atoms with Gasteiger partial charge in [0, 0.05) is 0 Å². The minimum atomic E-state index is 1.02. The Morgan fingerprint density at radius 1 is 0.846 bits per heavy atom. The second-order valence-corrected chi connectivity index (χ2v) is 1.74. The van der Waals surface area contributed by atoms with Crippen LogP contribution in [0.1, 0.15) is 61.8 Å². The van der Waals surface area contributed by atoms with Gasteiger partial charge in [0.05, 0.1) is 0 Å². The lowest BCUT2D eigenvalue weighted by Crippen LogP contribution is -1.74. The van der Waals surface area contributed by atoms with E-state index < -0.39 is 0 Å². The van der Waals surface area contributed by atoms with Crippen LogP contribution in [0, 0.1) is 0 Å². The normalized spacial score (nSPS) is 5.85. The van der Waals surface area contributed by atoms with Crippen molar-refractivity contribution < 1.29 is 0 Å². The summed E-state index contributed by atoms with van der Waals surface area (Å²) in [5.41, 5.74) is 2.25. The average Bonchev–Trinajstić information content (AvgIpc) is 2.25. The first-order chi connectivity index (χ1) is 6.18. The summed E-state index contributed by atoms with van der Waals surface area (Å²) in [6.45, 7) is 23.6. The Bertz CT molecular complexity index is 88.2. The highest BCUT2D eigenvalue weighted by atomic mass is 13.9. The molecular weight excluding hydrogens is 156 g/mol. The van der Waals surface area contributed by atoms with Crippen molar-refractivity contribution in [2.75, 3.05) is 0 Å².